The van der Waals surface area contributed by atoms with Crippen LogP contribution in [-0.2, 0) is 6.18 Å². The van der Waals surface area contributed by atoms with Crippen molar-refractivity contribution in [3.8, 4) is 28.1 Å². The van der Waals surface area contributed by atoms with Crippen LogP contribution in [0.1, 0.15) is 33.2 Å². The van der Waals surface area contributed by atoms with Crippen molar-refractivity contribution in [3.05, 3.63) is 89.6 Å². The fraction of sp³-hybridized carbons (Fsp3) is 0.120. The van der Waals surface area contributed by atoms with Crippen LogP contribution in [0.25, 0.3) is 28.1 Å². The van der Waals surface area contributed by atoms with Crippen molar-refractivity contribution >= 4 is 11.9 Å². The van der Waals surface area contributed by atoms with Gasteiger partial charge < -0.3 is 15.2 Å². The average Bonchev–Trinajstić information content (AvgIpc) is 3.34. The molecule has 0 radical (unpaired) electrons. The summed E-state index contributed by atoms with van der Waals surface area (Å²) in [7, 11) is 0. The summed E-state index contributed by atoms with van der Waals surface area (Å²) in [5.41, 5.74) is 1.87. The van der Waals surface area contributed by atoms with E-state index in [2.05, 4.69) is 15.6 Å². The number of hydrogen-bond donors (Lipinski definition) is 1. The van der Waals surface area contributed by atoms with Crippen molar-refractivity contribution in [1.82, 2.24) is 20.3 Å². The first-order valence-corrected chi connectivity index (χ1v) is 10.5. The number of nitrogens with zero attached hydrogens (tertiary/aromatic N) is 3. The molecule has 0 unspecified atom stereocenters. The zero-order valence-electron chi connectivity index (χ0n) is 19.3. The van der Waals surface area contributed by atoms with Gasteiger partial charge in [-0.2, -0.15) is 13.2 Å². The number of halogens is 3. The van der Waals surface area contributed by atoms with Gasteiger partial charge in [0.15, 0.2) is 0 Å². The van der Waals surface area contributed by atoms with Crippen molar-refractivity contribution in [1.29, 1.82) is 0 Å². The molecule has 0 fully saturated rings. The van der Waals surface area contributed by atoms with Crippen LogP contribution in [-0.4, -0.2) is 33.4 Å². The second kappa shape index (κ2) is 11.1. The van der Waals surface area contributed by atoms with Crippen LogP contribution in [0.4, 0.5) is 13.2 Å². The fourth-order valence-electron chi connectivity index (χ4n) is 3.46. The standard InChI is InChI=1S/C25H19F3N4O3.Na/c1-2-29-23(33)17-5-3-15(4-6-17)18-11-19(24(34)35)13-21(12-18)32-14-22(30-31-32)16-7-9-20(10-8-16)25(26,27)28;/h3-14H,2H2,1H3,(H,29,33)(H,34,35);/q;+1/p-1. The molecule has 0 saturated carbocycles. The predicted molar refractivity (Wildman–Crippen MR) is 120 cm³/mol. The van der Waals surface area contributed by atoms with E-state index in [9.17, 15) is 27.9 Å². The predicted octanol–water partition coefficient (Wildman–Crippen LogP) is 0.737. The minimum absolute atomic E-state index is 0. The molecule has 0 saturated heterocycles. The van der Waals surface area contributed by atoms with Crippen LogP contribution in [0, 0.1) is 0 Å². The van der Waals surface area contributed by atoms with E-state index in [-0.39, 0.29) is 41.0 Å². The van der Waals surface area contributed by atoms with Crippen LogP contribution in [0.15, 0.2) is 72.9 Å². The van der Waals surface area contributed by atoms with E-state index in [1.165, 1.54) is 35.1 Å². The smallest absolute Gasteiger partial charge is 0.545 e. The number of carboxylic acid groups (broad SMARTS) is 1. The van der Waals surface area contributed by atoms with Crippen LogP contribution in [0.2, 0.25) is 0 Å². The van der Waals surface area contributed by atoms with Gasteiger partial charge in [-0.1, -0.05) is 29.5 Å². The van der Waals surface area contributed by atoms with Gasteiger partial charge in [0.1, 0.15) is 5.69 Å². The van der Waals surface area contributed by atoms with Gasteiger partial charge >= 0.3 is 35.7 Å². The van der Waals surface area contributed by atoms with E-state index in [0.717, 1.165) is 12.1 Å². The summed E-state index contributed by atoms with van der Waals surface area (Å²) in [6.45, 7) is 2.30. The van der Waals surface area contributed by atoms with Gasteiger partial charge in [-0.3, -0.25) is 4.79 Å². The molecule has 3 aromatic carbocycles. The maximum Gasteiger partial charge on any atom is 1.00 e. The average molecular weight is 502 g/mol. The summed E-state index contributed by atoms with van der Waals surface area (Å²) in [4.78, 5) is 23.6. The van der Waals surface area contributed by atoms with Crippen molar-refractivity contribution in [2.75, 3.05) is 6.54 Å². The van der Waals surface area contributed by atoms with E-state index >= 15 is 0 Å². The molecule has 11 heteroatoms. The number of nitrogens with one attached hydrogen (secondary N) is 1. The molecule has 178 valence electrons. The van der Waals surface area contributed by atoms with Gasteiger partial charge in [-0.25, -0.2) is 4.68 Å². The Balaban J connectivity index is 0.00000361. The number of aromatic nitrogens is 3. The maximum atomic E-state index is 12.8. The first kappa shape index (κ1) is 27.1. The number of alkyl halides is 3. The summed E-state index contributed by atoms with van der Waals surface area (Å²) in [6, 6.07) is 15.6. The summed E-state index contributed by atoms with van der Waals surface area (Å²) >= 11 is 0. The Kier molecular flexibility index (Phi) is 8.34. The fourth-order valence-corrected chi connectivity index (χ4v) is 3.46. The molecule has 0 spiro atoms. The molecule has 1 aromatic heterocycles. The first-order chi connectivity index (χ1) is 16.7. The minimum Gasteiger partial charge on any atom is -0.545 e. The number of benzene rings is 3. The van der Waals surface area contributed by atoms with Crippen molar-refractivity contribution in [3.63, 3.8) is 0 Å². The van der Waals surface area contributed by atoms with E-state index in [1.807, 2.05) is 6.92 Å². The van der Waals surface area contributed by atoms with Crippen LogP contribution in [0.5, 0.6) is 0 Å². The summed E-state index contributed by atoms with van der Waals surface area (Å²) < 4.78 is 39.8. The number of rotatable bonds is 6. The number of carbonyl (C=O) groups is 2. The molecule has 4 rings (SSSR count). The van der Waals surface area contributed by atoms with E-state index in [1.54, 1.807) is 30.3 Å². The zero-order chi connectivity index (χ0) is 25.2. The molecule has 1 amide bonds. The Morgan fingerprint density at radius 2 is 1.56 bits per heavy atom. The Labute approximate surface area is 226 Å². The van der Waals surface area contributed by atoms with E-state index in [0.29, 0.717) is 40.2 Å². The van der Waals surface area contributed by atoms with Crippen LogP contribution < -0.4 is 40.0 Å². The first-order valence-electron chi connectivity index (χ1n) is 10.5. The van der Waals surface area contributed by atoms with Gasteiger partial charge in [0, 0.05) is 17.7 Å². The van der Waals surface area contributed by atoms with Crippen molar-refractivity contribution in [2.45, 2.75) is 13.1 Å². The molecule has 0 aliphatic carbocycles. The molecule has 0 bridgehead atoms. The Morgan fingerprint density at radius 3 is 2.14 bits per heavy atom. The van der Waals surface area contributed by atoms with Crippen LogP contribution >= 0.6 is 0 Å². The topological polar surface area (TPSA) is 99.9 Å². The van der Waals surface area contributed by atoms with Crippen molar-refractivity contribution in [2.24, 2.45) is 0 Å². The third-order valence-corrected chi connectivity index (χ3v) is 5.24. The largest absolute Gasteiger partial charge is 1.00 e. The number of carbonyl (C=O) groups excluding carboxylic acids is 2. The quantitative estimate of drug-likeness (QED) is 0.392. The molecule has 1 heterocycles. The molecule has 4 aromatic rings. The number of aromatic carboxylic acids is 1. The second-order valence-electron chi connectivity index (χ2n) is 7.62. The maximum absolute atomic E-state index is 12.8. The molecule has 0 aliphatic heterocycles. The Hall–Kier alpha value is -3.47. The van der Waals surface area contributed by atoms with Gasteiger partial charge in [0.2, 0.25) is 0 Å². The van der Waals surface area contributed by atoms with Gasteiger partial charge in [-0.05, 0) is 66.1 Å². The van der Waals surface area contributed by atoms with Gasteiger partial charge in [-0.15, -0.1) is 5.10 Å². The molecule has 0 atom stereocenters. The molecular weight excluding hydrogens is 484 g/mol. The minimum atomic E-state index is -4.45. The molecule has 36 heavy (non-hydrogen) atoms. The second-order valence-corrected chi connectivity index (χ2v) is 7.62. The summed E-state index contributed by atoms with van der Waals surface area (Å²) in [6.07, 6.45) is -2.96. The Bertz CT molecular complexity index is 1390. The van der Waals surface area contributed by atoms with E-state index < -0.39 is 17.7 Å². The van der Waals surface area contributed by atoms with Crippen molar-refractivity contribution < 1.29 is 57.4 Å². The molecule has 1 N–H and O–H groups in total. The molecule has 0 aliphatic rings. The molecular formula is C25H18F3N4NaO3. The van der Waals surface area contributed by atoms with E-state index in [4.69, 9.17) is 0 Å². The third kappa shape index (κ3) is 6.01. The third-order valence-electron chi connectivity index (χ3n) is 5.24. The van der Waals surface area contributed by atoms with Gasteiger partial charge in [0.25, 0.3) is 5.91 Å². The zero-order valence-corrected chi connectivity index (χ0v) is 21.3. The SMILES string of the molecule is CCNC(=O)c1ccc(-c2cc(C(=O)[O-])cc(-n3cc(-c4ccc(C(F)(F)F)cc4)nn3)c2)cc1.[Na+]. The Morgan fingerprint density at radius 1 is 0.917 bits per heavy atom. The normalized spacial score (nSPS) is 11.0. The molecule has 7 nitrogen and oxygen atoms in total. The monoisotopic (exact) mass is 502 g/mol. The number of amides is 1. The van der Waals surface area contributed by atoms with Gasteiger partial charge in [0.05, 0.1) is 23.4 Å². The summed E-state index contributed by atoms with van der Waals surface area (Å²) in [5.74, 6) is -1.61. The summed E-state index contributed by atoms with van der Waals surface area (Å²) in [5, 5.41) is 22.3. The number of hydrogen-bond acceptors (Lipinski definition) is 5. The number of carboxylic acids is 1. The van der Waals surface area contributed by atoms with Crippen LogP contribution in [0.3, 0.4) is 0 Å².